The van der Waals surface area contributed by atoms with E-state index in [-0.39, 0.29) is 10.1 Å². The van der Waals surface area contributed by atoms with Gasteiger partial charge in [0.1, 0.15) is 4.99 Å². The summed E-state index contributed by atoms with van der Waals surface area (Å²) in [5, 5.41) is 5.81. The third kappa shape index (κ3) is 2.88. The Hall–Kier alpha value is -1.74. The molecular formula is C11H9F3N4S2. The Morgan fingerprint density at radius 1 is 1.30 bits per heavy atom. The summed E-state index contributed by atoms with van der Waals surface area (Å²) in [6, 6.07) is 6.87. The number of rotatable bonds is 3. The SMILES string of the molecule is CN(c1nnc(C(F)(F)F)s1)c1ccccc1C(N)=S. The lowest BCUT2D eigenvalue weighted by Crippen LogP contribution is -2.17. The van der Waals surface area contributed by atoms with Crippen LogP contribution in [0, 0.1) is 0 Å². The maximum absolute atomic E-state index is 12.5. The van der Waals surface area contributed by atoms with Gasteiger partial charge in [-0.1, -0.05) is 35.7 Å². The lowest BCUT2D eigenvalue weighted by atomic mass is 10.1. The monoisotopic (exact) mass is 318 g/mol. The van der Waals surface area contributed by atoms with Gasteiger partial charge in [0, 0.05) is 12.6 Å². The quantitative estimate of drug-likeness (QED) is 0.882. The minimum atomic E-state index is -4.50. The molecule has 0 aliphatic carbocycles. The first-order valence-corrected chi connectivity index (χ1v) is 6.56. The number of alkyl halides is 3. The van der Waals surface area contributed by atoms with E-state index < -0.39 is 11.2 Å². The number of thiocarbonyl (C=S) groups is 1. The number of hydrogen-bond acceptors (Lipinski definition) is 5. The summed E-state index contributed by atoms with van der Waals surface area (Å²) in [4.78, 5) is 1.63. The molecule has 0 saturated carbocycles. The number of aromatic nitrogens is 2. The van der Waals surface area contributed by atoms with Crippen LogP contribution in [0.5, 0.6) is 0 Å². The van der Waals surface area contributed by atoms with E-state index >= 15 is 0 Å². The number of nitrogens with two attached hydrogens (primary N) is 1. The summed E-state index contributed by atoms with van der Waals surface area (Å²) in [5.74, 6) is 0. The third-order valence-corrected chi connectivity index (χ3v) is 3.74. The molecule has 106 valence electrons. The molecule has 2 aromatic rings. The third-order valence-electron chi connectivity index (χ3n) is 2.47. The number of para-hydroxylation sites is 1. The summed E-state index contributed by atoms with van der Waals surface area (Å²) in [6.45, 7) is 0. The van der Waals surface area contributed by atoms with Gasteiger partial charge in [0.2, 0.25) is 10.1 Å². The lowest BCUT2D eigenvalue weighted by molar-refractivity contribution is -0.138. The van der Waals surface area contributed by atoms with E-state index in [1.807, 2.05) is 0 Å². The fourth-order valence-electron chi connectivity index (χ4n) is 1.54. The minimum absolute atomic E-state index is 0.112. The van der Waals surface area contributed by atoms with E-state index in [4.69, 9.17) is 18.0 Å². The molecule has 0 spiro atoms. The molecule has 1 aromatic heterocycles. The van der Waals surface area contributed by atoms with Gasteiger partial charge in [0.25, 0.3) is 0 Å². The molecule has 1 heterocycles. The number of nitrogens with zero attached hydrogens (tertiary/aromatic N) is 3. The zero-order valence-corrected chi connectivity index (χ0v) is 11.8. The van der Waals surface area contributed by atoms with Crippen molar-refractivity contribution in [2.75, 3.05) is 11.9 Å². The van der Waals surface area contributed by atoms with Crippen LogP contribution in [0.1, 0.15) is 10.6 Å². The number of hydrogen-bond donors (Lipinski definition) is 1. The van der Waals surface area contributed by atoms with Crippen LogP contribution in [-0.2, 0) is 6.18 Å². The molecule has 0 saturated heterocycles. The maximum atomic E-state index is 12.5. The highest BCUT2D eigenvalue weighted by atomic mass is 32.1. The Kier molecular flexibility index (Phi) is 3.91. The smallest absolute Gasteiger partial charge is 0.389 e. The molecule has 2 rings (SSSR count). The summed E-state index contributed by atoms with van der Waals surface area (Å²) >= 11 is 5.38. The molecule has 0 bridgehead atoms. The van der Waals surface area contributed by atoms with E-state index in [0.717, 1.165) is 0 Å². The van der Waals surface area contributed by atoms with Crippen molar-refractivity contribution in [3.8, 4) is 0 Å². The van der Waals surface area contributed by atoms with Gasteiger partial charge in [-0.2, -0.15) is 13.2 Å². The Balaban J connectivity index is 2.39. The standard InChI is InChI=1S/C11H9F3N4S2/c1-18(7-5-3-2-4-6(7)8(15)19)10-17-16-9(20-10)11(12,13)14/h2-5H,1H3,(H2,15,19). The summed E-state index contributed by atoms with van der Waals surface area (Å²) < 4.78 is 37.6. The van der Waals surface area contributed by atoms with Crippen molar-refractivity contribution in [1.82, 2.24) is 10.2 Å². The zero-order chi connectivity index (χ0) is 14.9. The molecule has 1 aromatic carbocycles. The van der Waals surface area contributed by atoms with Gasteiger partial charge in [0.05, 0.1) is 5.69 Å². The van der Waals surface area contributed by atoms with Gasteiger partial charge in [-0.15, -0.1) is 10.2 Å². The maximum Gasteiger partial charge on any atom is 0.445 e. The number of halogens is 3. The predicted octanol–water partition coefficient (Wildman–Crippen LogP) is 2.96. The summed E-state index contributed by atoms with van der Waals surface area (Å²) in [7, 11) is 1.58. The minimum Gasteiger partial charge on any atom is -0.389 e. The predicted molar refractivity (Wildman–Crippen MR) is 75.3 cm³/mol. The molecule has 20 heavy (non-hydrogen) atoms. The Bertz CT molecular complexity index is 639. The average molecular weight is 318 g/mol. The number of benzene rings is 1. The lowest BCUT2D eigenvalue weighted by Gasteiger charge is -2.18. The highest BCUT2D eigenvalue weighted by Crippen LogP contribution is 2.36. The first-order chi connectivity index (χ1) is 9.30. The fraction of sp³-hybridized carbons (Fsp3) is 0.182. The van der Waals surface area contributed by atoms with Crippen LogP contribution in [0.4, 0.5) is 24.0 Å². The van der Waals surface area contributed by atoms with Gasteiger partial charge in [-0.3, -0.25) is 0 Å². The molecule has 0 aliphatic rings. The molecule has 0 fully saturated rings. The van der Waals surface area contributed by atoms with Crippen molar-refractivity contribution >= 4 is 39.4 Å². The van der Waals surface area contributed by atoms with Gasteiger partial charge in [-0.25, -0.2) is 0 Å². The fourth-order valence-corrected chi connectivity index (χ4v) is 2.40. The molecule has 2 N–H and O–H groups in total. The van der Waals surface area contributed by atoms with Crippen LogP contribution in [0.3, 0.4) is 0 Å². The van der Waals surface area contributed by atoms with Crippen molar-refractivity contribution in [1.29, 1.82) is 0 Å². The Labute approximate surface area is 122 Å². The Morgan fingerprint density at radius 2 is 1.95 bits per heavy atom. The van der Waals surface area contributed by atoms with Crippen LogP contribution >= 0.6 is 23.6 Å². The van der Waals surface area contributed by atoms with Gasteiger partial charge < -0.3 is 10.6 Å². The summed E-state index contributed by atoms with van der Waals surface area (Å²) in [5.41, 5.74) is 6.73. The summed E-state index contributed by atoms with van der Waals surface area (Å²) in [6.07, 6.45) is -4.50. The molecule has 0 amide bonds. The first-order valence-electron chi connectivity index (χ1n) is 5.34. The highest BCUT2D eigenvalue weighted by molar-refractivity contribution is 7.80. The second-order valence-corrected chi connectivity index (χ2v) is 5.22. The second-order valence-electron chi connectivity index (χ2n) is 3.83. The van der Waals surface area contributed by atoms with E-state index in [0.29, 0.717) is 22.6 Å². The van der Waals surface area contributed by atoms with Crippen LogP contribution < -0.4 is 10.6 Å². The van der Waals surface area contributed by atoms with Crippen molar-refractivity contribution < 1.29 is 13.2 Å². The second kappa shape index (κ2) is 5.33. The van der Waals surface area contributed by atoms with Crippen LogP contribution in [0.25, 0.3) is 0 Å². The van der Waals surface area contributed by atoms with E-state index in [9.17, 15) is 13.2 Å². The first kappa shape index (κ1) is 14.7. The average Bonchev–Trinajstić information content (AvgIpc) is 2.87. The normalized spacial score (nSPS) is 11.4. The van der Waals surface area contributed by atoms with Crippen molar-refractivity contribution in [3.63, 3.8) is 0 Å². The number of anilines is 2. The van der Waals surface area contributed by atoms with Crippen molar-refractivity contribution in [2.45, 2.75) is 6.18 Å². The molecule has 0 aliphatic heterocycles. The molecule has 4 nitrogen and oxygen atoms in total. The van der Waals surface area contributed by atoms with Gasteiger partial charge in [-0.05, 0) is 12.1 Å². The van der Waals surface area contributed by atoms with E-state index in [1.54, 1.807) is 31.3 Å². The van der Waals surface area contributed by atoms with E-state index in [1.165, 1.54) is 4.90 Å². The highest BCUT2D eigenvalue weighted by Gasteiger charge is 2.36. The van der Waals surface area contributed by atoms with Crippen molar-refractivity contribution in [2.24, 2.45) is 5.73 Å². The largest absolute Gasteiger partial charge is 0.445 e. The molecule has 9 heteroatoms. The van der Waals surface area contributed by atoms with Gasteiger partial charge in [0.15, 0.2) is 0 Å². The topological polar surface area (TPSA) is 55.0 Å². The Morgan fingerprint density at radius 3 is 2.50 bits per heavy atom. The van der Waals surface area contributed by atoms with E-state index in [2.05, 4.69) is 10.2 Å². The molecule has 0 unspecified atom stereocenters. The van der Waals surface area contributed by atoms with Crippen LogP contribution in [0.2, 0.25) is 0 Å². The van der Waals surface area contributed by atoms with Crippen LogP contribution in [0.15, 0.2) is 24.3 Å². The molecule has 0 atom stereocenters. The van der Waals surface area contributed by atoms with Crippen LogP contribution in [-0.4, -0.2) is 22.2 Å². The molecule has 0 radical (unpaired) electrons. The van der Waals surface area contributed by atoms with Gasteiger partial charge >= 0.3 is 6.18 Å². The van der Waals surface area contributed by atoms with Crippen molar-refractivity contribution in [3.05, 3.63) is 34.8 Å². The zero-order valence-electron chi connectivity index (χ0n) is 10.2. The molecular weight excluding hydrogens is 309 g/mol.